The second-order valence-electron chi connectivity index (χ2n) is 3.90. The van der Waals surface area contributed by atoms with E-state index >= 15 is 0 Å². The van der Waals surface area contributed by atoms with Crippen LogP contribution in [0, 0.1) is 17.8 Å². The van der Waals surface area contributed by atoms with Gasteiger partial charge in [-0.25, -0.2) is 0 Å². The molecule has 0 aromatic carbocycles. The van der Waals surface area contributed by atoms with E-state index in [-0.39, 0.29) is 23.8 Å². The normalized spacial score (nSPS) is 31.6. The molecule has 1 saturated carbocycles. The number of rotatable bonds is 3. The zero-order valence-corrected chi connectivity index (χ0v) is 8.86. The molecule has 2 rings (SSSR count). The third kappa shape index (κ3) is 1.76. The van der Waals surface area contributed by atoms with Crippen molar-refractivity contribution >= 4 is 11.9 Å². The van der Waals surface area contributed by atoms with Crippen LogP contribution in [-0.2, 0) is 19.1 Å². The quantitative estimate of drug-likeness (QED) is 0.658. The van der Waals surface area contributed by atoms with E-state index in [1.807, 2.05) is 6.08 Å². The summed E-state index contributed by atoms with van der Waals surface area (Å²) in [5, 5.41) is 0. The first-order valence-corrected chi connectivity index (χ1v) is 5.20. The summed E-state index contributed by atoms with van der Waals surface area (Å²) >= 11 is 0. The van der Waals surface area contributed by atoms with Gasteiger partial charge in [0.15, 0.2) is 0 Å². The standard InChI is InChI=1S/C11H14O4/c1-3-14-11(13)10-7-4-5-8(9(7)10)15-6(2)12/h5,7,9-10H,3-4H2,1-2H3/t7?,9?,10-/m0/s1. The zero-order valence-electron chi connectivity index (χ0n) is 8.86. The molecular formula is C11H14O4. The number of esters is 2. The van der Waals surface area contributed by atoms with Crippen LogP contribution in [0.15, 0.2) is 11.8 Å². The van der Waals surface area contributed by atoms with Crippen LogP contribution < -0.4 is 0 Å². The lowest BCUT2D eigenvalue weighted by Gasteiger charge is -2.05. The van der Waals surface area contributed by atoms with E-state index in [0.29, 0.717) is 18.3 Å². The summed E-state index contributed by atoms with van der Waals surface area (Å²) in [7, 11) is 0. The van der Waals surface area contributed by atoms with Crippen LogP contribution in [0.2, 0.25) is 0 Å². The molecule has 1 fully saturated rings. The lowest BCUT2D eigenvalue weighted by atomic mass is 10.2. The largest absolute Gasteiger partial charge is 0.466 e. The minimum atomic E-state index is -0.323. The predicted molar refractivity (Wildman–Crippen MR) is 51.6 cm³/mol. The van der Waals surface area contributed by atoms with Crippen molar-refractivity contribution < 1.29 is 19.1 Å². The fourth-order valence-electron chi connectivity index (χ4n) is 2.28. The van der Waals surface area contributed by atoms with Crippen LogP contribution in [0.3, 0.4) is 0 Å². The molecule has 0 saturated heterocycles. The Kier molecular flexibility index (Phi) is 2.50. The van der Waals surface area contributed by atoms with Crippen molar-refractivity contribution in [2.24, 2.45) is 17.8 Å². The maximum atomic E-state index is 11.5. The summed E-state index contributed by atoms with van der Waals surface area (Å²) in [5.41, 5.74) is 0. The molecule has 2 aliphatic rings. The number of carbonyl (C=O) groups is 2. The summed E-state index contributed by atoms with van der Waals surface area (Å²) in [6, 6.07) is 0. The highest BCUT2D eigenvalue weighted by Gasteiger charge is 2.60. The van der Waals surface area contributed by atoms with Crippen molar-refractivity contribution in [1.82, 2.24) is 0 Å². The van der Waals surface area contributed by atoms with Gasteiger partial charge in [0.1, 0.15) is 5.76 Å². The SMILES string of the molecule is CCOC(=O)[C@H]1C2CC=C(OC(C)=O)C21. The van der Waals surface area contributed by atoms with Crippen LogP contribution in [0.1, 0.15) is 20.3 Å². The first-order valence-electron chi connectivity index (χ1n) is 5.20. The van der Waals surface area contributed by atoms with Gasteiger partial charge in [-0.15, -0.1) is 0 Å². The molecule has 0 aliphatic heterocycles. The van der Waals surface area contributed by atoms with E-state index in [2.05, 4.69) is 0 Å². The van der Waals surface area contributed by atoms with Gasteiger partial charge in [0, 0.05) is 12.8 Å². The van der Waals surface area contributed by atoms with Crippen LogP contribution in [-0.4, -0.2) is 18.5 Å². The Morgan fingerprint density at radius 3 is 2.87 bits per heavy atom. The number of ether oxygens (including phenoxy) is 2. The molecule has 0 N–H and O–H groups in total. The lowest BCUT2D eigenvalue weighted by molar-refractivity contribution is -0.146. The highest BCUT2D eigenvalue weighted by Crippen LogP contribution is 2.58. The molecule has 2 unspecified atom stereocenters. The van der Waals surface area contributed by atoms with E-state index in [0.717, 1.165) is 6.42 Å². The van der Waals surface area contributed by atoms with Gasteiger partial charge in [0.25, 0.3) is 0 Å². The van der Waals surface area contributed by atoms with Crippen molar-refractivity contribution in [2.45, 2.75) is 20.3 Å². The number of carbonyl (C=O) groups excluding carboxylic acids is 2. The molecule has 4 heteroatoms. The summed E-state index contributed by atoms with van der Waals surface area (Å²) in [5.74, 6) is 0.489. The monoisotopic (exact) mass is 210 g/mol. The van der Waals surface area contributed by atoms with Gasteiger partial charge in [-0.2, -0.15) is 0 Å². The number of hydrogen-bond donors (Lipinski definition) is 0. The van der Waals surface area contributed by atoms with Gasteiger partial charge in [-0.3, -0.25) is 9.59 Å². The Morgan fingerprint density at radius 2 is 2.27 bits per heavy atom. The number of fused-ring (bicyclic) bond motifs is 1. The molecular weight excluding hydrogens is 196 g/mol. The van der Waals surface area contributed by atoms with Crippen molar-refractivity contribution in [1.29, 1.82) is 0 Å². The summed E-state index contributed by atoms with van der Waals surface area (Å²) in [6.07, 6.45) is 2.71. The molecule has 15 heavy (non-hydrogen) atoms. The molecule has 0 amide bonds. The fourth-order valence-corrected chi connectivity index (χ4v) is 2.28. The van der Waals surface area contributed by atoms with Crippen molar-refractivity contribution in [2.75, 3.05) is 6.61 Å². The van der Waals surface area contributed by atoms with Gasteiger partial charge in [0.05, 0.1) is 12.5 Å². The molecule has 0 aromatic rings. The van der Waals surface area contributed by atoms with E-state index < -0.39 is 0 Å². The summed E-state index contributed by atoms with van der Waals surface area (Å²) < 4.78 is 9.99. The third-order valence-corrected chi connectivity index (χ3v) is 2.91. The van der Waals surface area contributed by atoms with E-state index in [1.54, 1.807) is 6.92 Å². The maximum absolute atomic E-state index is 11.5. The van der Waals surface area contributed by atoms with Crippen LogP contribution in [0.25, 0.3) is 0 Å². The number of allylic oxidation sites excluding steroid dienone is 2. The number of hydrogen-bond acceptors (Lipinski definition) is 4. The predicted octanol–water partition coefficient (Wildman–Crippen LogP) is 1.26. The van der Waals surface area contributed by atoms with Crippen LogP contribution in [0.5, 0.6) is 0 Å². The molecule has 0 spiro atoms. The van der Waals surface area contributed by atoms with Gasteiger partial charge >= 0.3 is 11.9 Å². The second kappa shape index (κ2) is 3.68. The van der Waals surface area contributed by atoms with Crippen molar-refractivity contribution in [3.05, 3.63) is 11.8 Å². The molecule has 2 aliphatic carbocycles. The second-order valence-corrected chi connectivity index (χ2v) is 3.90. The molecule has 0 heterocycles. The molecule has 82 valence electrons. The lowest BCUT2D eigenvalue weighted by Crippen LogP contribution is -2.11. The molecule has 3 atom stereocenters. The minimum Gasteiger partial charge on any atom is -0.466 e. The van der Waals surface area contributed by atoms with Gasteiger partial charge < -0.3 is 9.47 Å². The smallest absolute Gasteiger partial charge is 0.309 e. The third-order valence-electron chi connectivity index (χ3n) is 2.91. The molecule has 0 bridgehead atoms. The maximum Gasteiger partial charge on any atom is 0.309 e. The highest BCUT2D eigenvalue weighted by atomic mass is 16.5. The Hall–Kier alpha value is -1.32. The first kappa shape index (κ1) is 10.2. The topological polar surface area (TPSA) is 52.6 Å². The Balaban J connectivity index is 1.94. The van der Waals surface area contributed by atoms with E-state index in [4.69, 9.17) is 9.47 Å². The Morgan fingerprint density at radius 1 is 1.53 bits per heavy atom. The molecule has 4 nitrogen and oxygen atoms in total. The fraction of sp³-hybridized carbons (Fsp3) is 0.636. The average Bonchev–Trinajstić information content (AvgIpc) is 2.75. The van der Waals surface area contributed by atoms with Gasteiger partial charge in [0.2, 0.25) is 0 Å². The zero-order chi connectivity index (χ0) is 11.0. The Bertz CT molecular complexity index is 331. The van der Waals surface area contributed by atoms with E-state index in [9.17, 15) is 9.59 Å². The molecule has 0 aromatic heterocycles. The summed E-state index contributed by atoms with van der Waals surface area (Å²) in [4.78, 5) is 22.2. The summed E-state index contributed by atoms with van der Waals surface area (Å²) in [6.45, 7) is 3.57. The van der Waals surface area contributed by atoms with E-state index in [1.165, 1.54) is 6.92 Å². The minimum absolute atomic E-state index is 0.0794. The van der Waals surface area contributed by atoms with Crippen molar-refractivity contribution in [3.8, 4) is 0 Å². The van der Waals surface area contributed by atoms with Crippen molar-refractivity contribution in [3.63, 3.8) is 0 Å². The average molecular weight is 210 g/mol. The Labute approximate surface area is 88.2 Å². The van der Waals surface area contributed by atoms with Gasteiger partial charge in [-0.1, -0.05) is 0 Å². The first-order chi connectivity index (χ1) is 7.15. The highest BCUT2D eigenvalue weighted by molar-refractivity contribution is 5.78. The van der Waals surface area contributed by atoms with Gasteiger partial charge in [-0.05, 0) is 25.3 Å². The van der Waals surface area contributed by atoms with Crippen LogP contribution >= 0.6 is 0 Å². The molecule has 0 radical (unpaired) electrons. The van der Waals surface area contributed by atoms with Crippen LogP contribution in [0.4, 0.5) is 0 Å².